The van der Waals surface area contributed by atoms with Gasteiger partial charge in [-0.1, -0.05) is 0 Å². The van der Waals surface area contributed by atoms with Gasteiger partial charge in [0.2, 0.25) is 0 Å². The summed E-state index contributed by atoms with van der Waals surface area (Å²) in [5, 5.41) is 0. The summed E-state index contributed by atoms with van der Waals surface area (Å²) in [6.45, 7) is -0.932. The average Bonchev–Trinajstić information content (AvgIpc) is 1.80. The van der Waals surface area contributed by atoms with E-state index in [9.17, 15) is 22.4 Å². The smallest absolute Gasteiger partial charge is 0.422 e. The van der Waals surface area contributed by atoms with E-state index in [0.29, 0.717) is 0 Å². The Morgan fingerprint density at radius 1 is 1.55 bits per heavy atom. The molecule has 0 spiro atoms. The Labute approximate surface area is 60.1 Å². The molecule has 66 valence electrons. The molecule has 0 aliphatic carbocycles. The quantitative estimate of drug-likeness (QED) is 0.467. The fourth-order valence-electron chi connectivity index (χ4n) is 0.268. The highest BCUT2D eigenvalue weighted by atomic mass is 19.4. The van der Waals surface area contributed by atoms with Crippen molar-refractivity contribution in [2.24, 2.45) is 0 Å². The van der Waals surface area contributed by atoms with Gasteiger partial charge in [-0.2, -0.15) is 13.2 Å². The van der Waals surface area contributed by atoms with E-state index in [4.69, 9.17) is 0 Å². The van der Waals surface area contributed by atoms with Crippen LogP contribution in [-0.4, -0.2) is 24.9 Å². The van der Waals surface area contributed by atoms with Gasteiger partial charge in [0.05, 0.1) is 0 Å². The number of carbonyl (C=O) groups excluding carboxylic acids is 1. The summed E-state index contributed by atoms with van der Waals surface area (Å²) in [6.07, 6.45) is -6.61. The first-order valence-electron chi connectivity index (χ1n) is 2.70. The van der Waals surface area contributed by atoms with Crippen molar-refractivity contribution in [2.45, 2.75) is 19.3 Å². The number of ether oxygens (including phenoxy) is 1. The zero-order valence-corrected chi connectivity index (χ0v) is 5.61. The van der Waals surface area contributed by atoms with Gasteiger partial charge >= 0.3 is 12.1 Å². The molecule has 0 saturated heterocycles. The van der Waals surface area contributed by atoms with Crippen LogP contribution < -0.4 is 0 Å². The maximum absolute atomic E-state index is 11.8. The highest BCUT2D eigenvalue weighted by Crippen LogP contribution is 2.14. The molecule has 0 bridgehead atoms. The van der Waals surface area contributed by atoms with E-state index in [-0.39, 0.29) is 0 Å². The standard InChI is InChI=1S/C5H6F4O2/c1-3(6)4(10)11-2-5(7,8)9/h3H,2H2,1H3. The van der Waals surface area contributed by atoms with Crippen molar-refractivity contribution in [3.63, 3.8) is 0 Å². The molecule has 0 N–H and O–H groups in total. The molecule has 11 heavy (non-hydrogen) atoms. The van der Waals surface area contributed by atoms with Gasteiger partial charge in [0.1, 0.15) is 0 Å². The van der Waals surface area contributed by atoms with Crippen molar-refractivity contribution >= 4 is 5.97 Å². The maximum atomic E-state index is 11.8. The van der Waals surface area contributed by atoms with Gasteiger partial charge in [-0.05, 0) is 6.92 Å². The van der Waals surface area contributed by atoms with Crippen LogP contribution in [0.3, 0.4) is 0 Å². The third-order valence-electron chi connectivity index (χ3n) is 0.703. The SMILES string of the molecule is CC(F)C(=O)OCC(F)(F)F. The lowest BCUT2D eigenvalue weighted by Gasteiger charge is -2.07. The number of rotatable bonds is 2. The van der Waals surface area contributed by atoms with Crippen molar-refractivity contribution in [1.29, 1.82) is 0 Å². The lowest BCUT2D eigenvalue weighted by atomic mass is 10.4. The predicted molar refractivity (Wildman–Crippen MR) is 27.6 cm³/mol. The van der Waals surface area contributed by atoms with Crippen molar-refractivity contribution in [1.82, 2.24) is 0 Å². The molecule has 0 aromatic heterocycles. The van der Waals surface area contributed by atoms with Crippen LogP contribution in [0.4, 0.5) is 17.6 Å². The molecular weight excluding hydrogens is 168 g/mol. The van der Waals surface area contributed by atoms with Gasteiger partial charge in [-0.25, -0.2) is 9.18 Å². The second kappa shape index (κ2) is 3.54. The number of halogens is 4. The Kier molecular flexibility index (Phi) is 3.28. The first-order chi connectivity index (χ1) is 4.83. The first-order valence-corrected chi connectivity index (χ1v) is 2.70. The molecule has 0 aromatic carbocycles. The molecule has 0 heterocycles. The molecule has 0 aromatic rings. The van der Waals surface area contributed by atoms with Crippen LogP contribution in [0.1, 0.15) is 6.92 Å². The molecule has 6 heteroatoms. The zero-order chi connectivity index (χ0) is 9.07. The highest BCUT2D eigenvalue weighted by molar-refractivity contribution is 5.73. The first kappa shape index (κ1) is 10.2. The van der Waals surface area contributed by atoms with E-state index in [2.05, 4.69) is 4.74 Å². The van der Waals surface area contributed by atoms with Crippen molar-refractivity contribution in [3.05, 3.63) is 0 Å². The minimum Gasteiger partial charge on any atom is -0.454 e. The molecule has 0 rings (SSSR count). The number of esters is 1. The second-order valence-electron chi connectivity index (χ2n) is 1.84. The summed E-state index contributed by atoms with van der Waals surface area (Å²) in [6, 6.07) is 0. The van der Waals surface area contributed by atoms with Crippen LogP contribution in [0, 0.1) is 0 Å². The molecule has 0 amide bonds. The lowest BCUT2D eigenvalue weighted by Crippen LogP contribution is -2.24. The molecule has 0 fully saturated rings. The van der Waals surface area contributed by atoms with Crippen LogP contribution in [0.25, 0.3) is 0 Å². The van der Waals surface area contributed by atoms with Gasteiger partial charge in [0.25, 0.3) is 0 Å². The lowest BCUT2D eigenvalue weighted by molar-refractivity contribution is -0.189. The van der Waals surface area contributed by atoms with Gasteiger partial charge in [0, 0.05) is 0 Å². The highest BCUT2D eigenvalue weighted by Gasteiger charge is 2.30. The van der Waals surface area contributed by atoms with E-state index in [1.807, 2.05) is 0 Å². The summed E-state index contributed by atoms with van der Waals surface area (Å²) in [4.78, 5) is 10.1. The van der Waals surface area contributed by atoms with E-state index >= 15 is 0 Å². The van der Waals surface area contributed by atoms with Crippen LogP contribution in [0.5, 0.6) is 0 Å². The predicted octanol–water partition coefficient (Wildman–Crippen LogP) is 1.45. The van der Waals surface area contributed by atoms with Gasteiger partial charge < -0.3 is 4.74 Å². The van der Waals surface area contributed by atoms with Crippen LogP contribution in [0.2, 0.25) is 0 Å². The molecule has 0 aliphatic heterocycles. The topological polar surface area (TPSA) is 26.3 Å². The molecule has 2 nitrogen and oxygen atoms in total. The molecule has 1 atom stereocenters. The Bertz CT molecular complexity index is 140. The molecule has 0 saturated carbocycles. The van der Waals surface area contributed by atoms with E-state index in [1.54, 1.807) is 0 Å². The van der Waals surface area contributed by atoms with E-state index in [1.165, 1.54) is 0 Å². The molecule has 1 unspecified atom stereocenters. The van der Waals surface area contributed by atoms with E-state index in [0.717, 1.165) is 6.92 Å². The van der Waals surface area contributed by atoms with Crippen molar-refractivity contribution in [3.8, 4) is 0 Å². The third kappa shape index (κ3) is 5.63. The largest absolute Gasteiger partial charge is 0.454 e. The fraction of sp³-hybridized carbons (Fsp3) is 0.800. The monoisotopic (exact) mass is 174 g/mol. The summed E-state index contributed by atoms with van der Waals surface area (Å²) in [7, 11) is 0. The van der Waals surface area contributed by atoms with Gasteiger partial charge in [-0.15, -0.1) is 0 Å². The van der Waals surface area contributed by atoms with E-state index < -0.39 is 24.9 Å². The summed E-state index contributed by atoms with van der Waals surface area (Å²) in [5.74, 6) is -1.50. The number of carbonyl (C=O) groups is 1. The molecule has 0 radical (unpaired) electrons. The Morgan fingerprint density at radius 2 is 2.00 bits per heavy atom. The third-order valence-corrected chi connectivity index (χ3v) is 0.703. The van der Waals surface area contributed by atoms with Crippen LogP contribution in [0.15, 0.2) is 0 Å². The fourth-order valence-corrected chi connectivity index (χ4v) is 0.268. The Hall–Kier alpha value is -0.810. The minimum atomic E-state index is -4.59. The second-order valence-corrected chi connectivity index (χ2v) is 1.84. The maximum Gasteiger partial charge on any atom is 0.422 e. The van der Waals surface area contributed by atoms with Crippen LogP contribution in [-0.2, 0) is 9.53 Å². The van der Waals surface area contributed by atoms with Gasteiger partial charge in [0.15, 0.2) is 12.8 Å². The normalized spacial score (nSPS) is 14.3. The summed E-state index contributed by atoms with van der Waals surface area (Å²) in [5.41, 5.74) is 0. The summed E-state index contributed by atoms with van der Waals surface area (Å²) < 4.78 is 49.2. The Balaban J connectivity index is 3.64. The Morgan fingerprint density at radius 3 is 2.27 bits per heavy atom. The van der Waals surface area contributed by atoms with Crippen molar-refractivity contribution < 1.29 is 27.1 Å². The van der Waals surface area contributed by atoms with Gasteiger partial charge in [-0.3, -0.25) is 0 Å². The zero-order valence-electron chi connectivity index (χ0n) is 5.61. The average molecular weight is 174 g/mol. The van der Waals surface area contributed by atoms with Crippen LogP contribution >= 0.6 is 0 Å². The molecule has 0 aliphatic rings. The number of alkyl halides is 4. The minimum absolute atomic E-state index is 0.804. The molecular formula is C5H6F4O2. The van der Waals surface area contributed by atoms with Crippen molar-refractivity contribution in [2.75, 3.05) is 6.61 Å². The number of hydrogen-bond donors (Lipinski definition) is 0. The number of hydrogen-bond acceptors (Lipinski definition) is 2. The summed E-state index contributed by atoms with van der Waals surface area (Å²) >= 11 is 0.